The molecule has 0 fully saturated rings. The van der Waals surface area contributed by atoms with Gasteiger partial charge in [-0.05, 0) is 18.9 Å². The maximum absolute atomic E-state index is 10.6. The quantitative estimate of drug-likeness (QED) is 0.409. The number of nitro groups is 1. The van der Waals surface area contributed by atoms with Gasteiger partial charge >= 0.3 is 0 Å². The van der Waals surface area contributed by atoms with Crippen LogP contribution < -0.4 is 0 Å². The van der Waals surface area contributed by atoms with Crippen LogP contribution in [0, 0.1) is 16.0 Å². The van der Waals surface area contributed by atoms with Crippen LogP contribution in [0.2, 0.25) is 0 Å². The van der Waals surface area contributed by atoms with Crippen molar-refractivity contribution in [3.63, 3.8) is 0 Å². The van der Waals surface area contributed by atoms with Crippen molar-refractivity contribution >= 4 is 11.6 Å². The Balaban J connectivity index is 5.18. The highest BCUT2D eigenvalue weighted by molar-refractivity contribution is 6.31. The third-order valence-electron chi connectivity index (χ3n) is 1.90. The van der Waals surface area contributed by atoms with Crippen molar-refractivity contribution in [2.24, 2.45) is 5.92 Å². The second kappa shape index (κ2) is 5.60. The lowest BCUT2D eigenvalue weighted by Gasteiger charge is -2.03. The highest BCUT2D eigenvalue weighted by Gasteiger charge is 2.13. The fourth-order valence-corrected chi connectivity index (χ4v) is 0.819. The van der Waals surface area contributed by atoms with Crippen molar-refractivity contribution in [3.05, 3.63) is 45.1 Å². The van der Waals surface area contributed by atoms with Gasteiger partial charge in [0, 0.05) is 6.08 Å². The zero-order valence-corrected chi connectivity index (χ0v) is 9.34. The van der Waals surface area contributed by atoms with Gasteiger partial charge in [-0.3, -0.25) is 10.1 Å². The third-order valence-corrected chi connectivity index (χ3v) is 2.24. The van der Waals surface area contributed by atoms with E-state index in [2.05, 4.69) is 6.58 Å². The van der Waals surface area contributed by atoms with Crippen LogP contribution in [0.1, 0.15) is 20.8 Å². The molecule has 0 N–H and O–H groups in total. The van der Waals surface area contributed by atoms with E-state index in [4.69, 9.17) is 11.6 Å². The lowest BCUT2D eigenvalue weighted by Crippen LogP contribution is -2.00. The lowest BCUT2D eigenvalue weighted by atomic mass is 10.0. The van der Waals surface area contributed by atoms with Crippen LogP contribution in [0.5, 0.6) is 0 Å². The van der Waals surface area contributed by atoms with Gasteiger partial charge in [-0.2, -0.15) is 0 Å². The molecule has 0 saturated carbocycles. The normalized spacial score (nSPS) is 13.9. The summed E-state index contributed by atoms with van der Waals surface area (Å²) >= 11 is 5.65. The summed E-state index contributed by atoms with van der Waals surface area (Å²) in [5.74, 6) is 0.263. The maximum atomic E-state index is 10.6. The highest BCUT2D eigenvalue weighted by Crippen LogP contribution is 2.17. The van der Waals surface area contributed by atoms with E-state index in [1.165, 1.54) is 12.2 Å². The molecule has 0 saturated heterocycles. The minimum absolute atomic E-state index is 0.0648. The Morgan fingerprint density at radius 3 is 2.36 bits per heavy atom. The molecule has 0 rings (SSSR count). The topological polar surface area (TPSA) is 43.1 Å². The van der Waals surface area contributed by atoms with E-state index in [0.29, 0.717) is 0 Å². The molecule has 0 aromatic rings. The number of allylic oxidation sites excluding steroid dienone is 4. The van der Waals surface area contributed by atoms with Gasteiger partial charge in [0.2, 0.25) is 0 Å². The first-order valence-electron chi connectivity index (χ1n) is 4.25. The van der Waals surface area contributed by atoms with Crippen LogP contribution in [0.25, 0.3) is 0 Å². The van der Waals surface area contributed by atoms with E-state index in [1.54, 1.807) is 0 Å². The van der Waals surface area contributed by atoms with Crippen molar-refractivity contribution in [3.8, 4) is 0 Å². The van der Waals surface area contributed by atoms with Gasteiger partial charge in [-0.1, -0.05) is 37.6 Å². The van der Waals surface area contributed by atoms with Crippen LogP contribution in [-0.2, 0) is 0 Å². The summed E-state index contributed by atoms with van der Waals surface area (Å²) in [7, 11) is 0. The first kappa shape index (κ1) is 12.9. The minimum Gasteiger partial charge on any atom is -0.258 e. The molecular weight excluding hydrogens is 202 g/mol. The summed E-state index contributed by atoms with van der Waals surface area (Å²) in [5, 5.41) is 10.7. The smallest absolute Gasteiger partial charge is 0.258 e. The Kier molecular flexibility index (Phi) is 5.16. The van der Waals surface area contributed by atoms with Crippen molar-refractivity contribution in [1.29, 1.82) is 0 Å². The standard InChI is InChI=1S/C10H14ClNO2/c1-5-9(11)10(12(13)14)6-8(4)7(2)3/h5-7H,1H2,2-4H3/b8-6+,10-9-. The van der Waals surface area contributed by atoms with E-state index in [9.17, 15) is 10.1 Å². The van der Waals surface area contributed by atoms with E-state index in [0.717, 1.165) is 5.57 Å². The van der Waals surface area contributed by atoms with Crippen LogP contribution in [-0.4, -0.2) is 4.92 Å². The lowest BCUT2D eigenvalue weighted by molar-refractivity contribution is -0.419. The molecule has 0 atom stereocenters. The predicted molar refractivity (Wildman–Crippen MR) is 58.7 cm³/mol. The number of halogens is 1. The first-order chi connectivity index (χ1) is 6.40. The zero-order valence-electron chi connectivity index (χ0n) is 8.58. The Morgan fingerprint density at radius 2 is 2.07 bits per heavy atom. The van der Waals surface area contributed by atoms with Gasteiger partial charge < -0.3 is 0 Å². The monoisotopic (exact) mass is 215 g/mol. The molecular formula is C10H14ClNO2. The first-order valence-corrected chi connectivity index (χ1v) is 4.62. The summed E-state index contributed by atoms with van der Waals surface area (Å²) in [6.07, 6.45) is 2.75. The molecule has 0 aliphatic heterocycles. The fraction of sp³-hybridized carbons (Fsp3) is 0.400. The Morgan fingerprint density at radius 1 is 1.57 bits per heavy atom. The summed E-state index contributed by atoms with van der Waals surface area (Å²) < 4.78 is 0. The van der Waals surface area contributed by atoms with Gasteiger partial charge in [0.1, 0.15) is 5.03 Å². The number of rotatable bonds is 4. The van der Waals surface area contributed by atoms with Gasteiger partial charge in [0.15, 0.2) is 0 Å². The Labute approximate surface area is 88.9 Å². The van der Waals surface area contributed by atoms with Gasteiger partial charge in [-0.25, -0.2) is 0 Å². The number of hydrogen-bond acceptors (Lipinski definition) is 2. The highest BCUT2D eigenvalue weighted by atomic mass is 35.5. The third kappa shape index (κ3) is 3.75. The average Bonchev–Trinajstić information content (AvgIpc) is 2.11. The zero-order chi connectivity index (χ0) is 11.3. The van der Waals surface area contributed by atoms with Crippen molar-refractivity contribution in [1.82, 2.24) is 0 Å². The predicted octanol–water partition coefficient (Wildman–Crippen LogP) is 3.50. The summed E-state index contributed by atoms with van der Waals surface area (Å²) in [6.45, 7) is 9.15. The van der Waals surface area contributed by atoms with Crippen LogP contribution >= 0.6 is 11.6 Å². The second-order valence-electron chi connectivity index (χ2n) is 3.24. The van der Waals surface area contributed by atoms with Gasteiger partial charge in [0.05, 0.1) is 4.92 Å². The molecule has 0 aromatic heterocycles. The van der Waals surface area contributed by atoms with Crippen molar-refractivity contribution < 1.29 is 4.92 Å². The molecule has 0 amide bonds. The fourth-order valence-electron chi connectivity index (χ4n) is 0.696. The molecule has 0 spiro atoms. The molecule has 0 aliphatic rings. The van der Waals surface area contributed by atoms with E-state index in [1.807, 2.05) is 20.8 Å². The average molecular weight is 216 g/mol. The van der Waals surface area contributed by atoms with Crippen molar-refractivity contribution in [2.45, 2.75) is 20.8 Å². The Hall–Kier alpha value is -1.09. The Bertz CT molecular complexity index is 303. The molecule has 0 aliphatic carbocycles. The summed E-state index contributed by atoms with van der Waals surface area (Å²) in [6, 6.07) is 0. The van der Waals surface area contributed by atoms with E-state index < -0.39 is 4.92 Å². The number of nitrogens with zero attached hydrogens (tertiary/aromatic N) is 1. The molecule has 14 heavy (non-hydrogen) atoms. The molecule has 0 heterocycles. The molecule has 3 nitrogen and oxygen atoms in total. The second-order valence-corrected chi connectivity index (χ2v) is 3.64. The van der Waals surface area contributed by atoms with E-state index >= 15 is 0 Å². The minimum atomic E-state index is -0.504. The number of hydrogen-bond donors (Lipinski definition) is 0. The van der Waals surface area contributed by atoms with Crippen LogP contribution in [0.3, 0.4) is 0 Å². The molecule has 78 valence electrons. The largest absolute Gasteiger partial charge is 0.287 e. The van der Waals surface area contributed by atoms with E-state index in [-0.39, 0.29) is 16.6 Å². The van der Waals surface area contributed by atoms with Crippen LogP contribution in [0.4, 0.5) is 0 Å². The maximum Gasteiger partial charge on any atom is 0.287 e. The van der Waals surface area contributed by atoms with Gasteiger partial charge in [0.25, 0.3) is 5.70 Å². The molecule has 0 bridgehead atoms. The van der Waals surface area contributed by atoms with Crippen molar-refractivity contribution in [2.75, 3.05) is 0 Å². The molecule has 0 radical (unpaired) electrons. The summed E-state index contributed by atoms with van der Waals surface area (Å²) in [5.41, 5.74) is 0.810. The van der Waals surface area contributed by atoms with Gasteiger partial charge in [-0.15, -0.1) is 0 Å². The molecule has 4 heteroatoms. The SMILES string of the molecule is C=C/C(Cl)=C(\C=C(/C)C(C)C)[N+](=O)[O-]. The molecule has 0 unspecified atom stereocenters. The van der Waals surface area contributed by atoms with Crippen LogP contribution in [0.15, 0.2) is 35.0 Å². The summed E-state index contributed by atoms with van der Waals surface area (Å²) in [4.78, 5) is 10.1. The molecule has 0 aromatic carbocycles.